The highest BCUT2D eigenvalue weighted by Gasteiger charge is 2.35. The molecule has 1 N–H and O–H groups in total. The van der Waals surface area contributed by atoms with Crippen molar-refractivity contribution >= 4 is 16.6 Å². The summed E-state index contributed by atoms with van der Waals surface area (Å²) in [4.78, 5) is 21.2. The molecule has 2 aliphatic heterocycles. The third kappa shape index (κ3) is 4.32. The maximum atomic E-state index is 13.6. The third-order valence-corrected chi connectivity index (χ3v) is 7.15. The molecule has 2 aromatic heterocycles. The summed E-state index contributed by atoms with van der Waals surface area (Å²) in [7, 11) is 1.67. The summed E-state index contributed by atoms with van der Waals surface area (Å²) in [6, 6.07) is 13.3. The van der Waals surface area contributed by atoms with E-state index in [4.69, 9.17) is 14.2 Å². The minimum absolute atomic E-state index is 0.171. The second-order valence-electron chi connectivity index (χ2n) is 10.6. The molecule has 2 aromatic carbocycles. The number of hydrogen-bond acceptors (Lipinski definition) is 9. The van der Waals surface area contributed by atoms with Gasteiger partial charge in [0.15, 0.2) is 17.3 Å². The number of ether oxygens (including phenoxy) is 3. The number of aromatic nitrogens is 5. The van der Waals surface area contributed by atoms with Crippen LogP contribution in [0.5, 0.6) is 17.2 Å². The van der Waals surface area contributed by atoms with Gasteiger partial charge in [0.1, 0.15) is 11.8 Å². The predicted molar refractivity (Wildman–Crippen MR) is 142 cm³/mol. The average Bonchev–Trinajstić information content (AvgIpc) is 3.58. The fourth-order valence-electron chi connectivity index (χ4n) is 5.19. The maximum Gasteiger partial charge on any atom is 0.253 e. The Labute approximate surface area is 219 Å². The van der Waals surface area contributed by atoms with Gasteiger partial charge in [-0.1, -0.05) is 0 Å². The summed E-state index contributed by atoms with van der Waals surface area (Å²) in [6.45, 7) is 9.38. The topological polar surface area (TPSA) is 111 Å². The Morgan fingerprint density at radius 2 is 1.71 bits per heavy atom. The fourth-order valence-corrected chi connectivity index (χ4v) is 5.19. The van der Waals surface area contributed by atoms with Crippen molar-refractivity contribution in [2.75, 3.05) is 45.0 Å². The number of piperazine rings is 1. The zero-order valence-corrected chi connectivity index (χ0v) is 22.0. The molecule has 0 amide bonds. The van der Waals surface area contributed by atoms with Gasteiger partial charge in [0.25, 0.3) is 5.56 Å². The van der Waals surface area contributed by atoms with E-state index in [1.807, 2.05) is 35.0 Å². The van der Waals surface area contributed by atoms with Gasteiger partial charge in [0, 0.05) is 48.9 Å². The van der Waals surface area contributed by atoms with E-state index >= 15 is 0 Å². The normalized spacial score (nSPS) is 16.7. The van der Waals surface area contributed by atoms with E-state index in [1.54, 1.807) is 7.11 Å². The van der Waals surface area contributed by atoms with Crippen molar-refractivity contribution in [3.63, 3.8) is 0 Å². The number of nitrogens with zero attached hydrogens (tertiary/aromatic N) is 6. The van der Waals surface area contributed by atoms with Gasteiger partial charge in [-0.05, 0) is 67.6 Å². The van der Waals surface area contributed by atoms with Crippen molar-refractivity contribution in [1.29, 1.82) is 0 Å². The lowest BCUT2D eigenvalue weighted by molar-refractivity contribution is 0.174. The number of benzene rings is 2. The number of rotatable bonds is 5. The van der Waals surface area contributed by atoms with Crippen LogP contribution in [-0.2, 0) is 5.54 Å². The van der Waals surface area contributed by atoms with Gasteiger partial charge >= 0.3 is 0 Å². The van der Waals surface area contributed by atoms with Crippen LogP contribution in [0.2, 0.25) is 0 Å². The molecule has 0 radical (unpaired) electrons. The first kappa shape index (κ1) is 24.2. The zero-order valence-electron chi connectivity index (χ0n) is 22.0. The van der Waals surface area contributed by atoms with Crippen LogP contribution < -0.4 is 24.7 Å². The average molecular weight is 518 g/mol. The molecule has 11 nitrogen and oxygen atoms in total. The van der Waals surface area contributed by atoms with Crippen LogP contribution in [0.15, 0.2) is 47.3 Å². The van der Waals surface area contributed by atoms with Crippen LogP contribution in [0.3, 0.4) is 0 Å². The Bertz CT molecular complexity index is 1520. The van der Waals surface area contributed by atoms with Crippen LogP contribution in [0, 0.1) is 0 Å². The van der Waals surface area contributed by atoms with Crippen molar-refractivity contribution in [3.05, 3.63) is 64.2 Å². The lowest BCUT2D eigenvalue weighted by Crippen LogP contribution is -2.49. The standard InChI is InChI=1S/C27H31N7O4/c1-27(2,3)34-25(29-30-31-34)24(33-11-9-32(10-12-33)18-5-7-19(36-4)8-6-18)20-13-17-14-22-23(38-16-37-22)15-21(17)28-26(20)35/h5-8,13-15,24H,9-12,16H2,1-4H3,(H,28,35). The number of tetrazole rings is 1. The Kier molecular flexibility index (Phi) is 5.94. The minimum Gasteiger partial charge on any atom is -0.497 e. The van der Waals surface area contributed by atoms with E-state index in [2.05, 4.69) is 63.2 Å². The number of nitrogens with one attached hydrogen (secondary N) is 1. The second-order valence-corrected chi connectivity index (χ2v) is 10.6. The highest BCUT2D eigenvalue weighted by Crippen LogP contribution is 2.37. The molecule has 11 heteroatoms. The highest BCUT2D eigenvalue weighted by atomic mass is 16.7. The van der Waals surface area contributed by atoms with Crippen molar-refractivity contribution in [3.8, 4) is 17.2 Å². The molecule has 198 valence electrons. The molecule has 0 aliphatic carbocycles. The van der Waals surface area contributed by atoms with Crippen LogP contribution in [0.4, 0.5) is 5.69 Å². The highest BCUT2D eigenvalue weighted by molar-refractivity contribution is 5.83. The summed E-state index contributed by atoms with van der Waals surface area (Å²) < 4.78 is 18.2. The number of hydrogen-bond donors (Lipinski definition) is 1. The van der Waals surface area contributed by atoms with E-state index in [0.29, 0.717) is 28.4 Å². The zero-order chi connectivity index (χ0) is 26.4. The fraction of sp³-hybridized carbons (Fsp3) is 0.407. The Morgan fingerprint density at radius 1 is 1.00 bits per heavy atom. The van der Waals surface area contributed by atoms with Crippen molar-refractivity contribution < 1.29 is 14.2 Å². The van der Waals surface area contributed by atoms with Crippen LogP contribution in [0.1, 0.15) is 38.2 Å². The summed E-state index contributed by atoms with van der Waals surface area (Å²) in [5, 5.41) is 13.6. The first-order valence-electron chi connectivity index (χ1n) is 12.7. The lowest BCUT2D eigenvalue weighted by Gasteiger charge is -2.40. The molecule has 4 aromatic rings. The smallest absolute Gasteiger partial charge is 0.253 e. The van der Waals surface area contributed by atoms with E-state index in [0.717, 1.165) is 43.0 Å². The SMILES string of the molecule is COc1ccc(N2CCN(C(c3cc4cc5c(cc4[nH]c3=O)OCO5)c3nnnn3C(C)(C)C)CC2)cc1. The summed E-state index contributed by atoms with van der Waals surface area (Å²) >= 11 is 0. The number of fused-ring (bicyclic) bond motifs is 2. The molecule has 1 unspecified atom stereocenters. The van der Waals surface area contributed by atoms with E-state index in [-0.39, 0.29) is 17.9 Å². The summed E-state index contributed by atoms with van der Waals surface area (Å²) in [5.41, 5.74) is 1.89. The molecule has 4 heterocycles. The minimum atomic E-state index is -0.430. The summed E-state index contributed by atoms with van der Waals surface area (Å²) in [5.74, 6) is 2.77. The Balaban J connectivity index is 1.38. The van der Waals surface area contributed by atoms with Crippen LogP contribution in [-0.4, -0.2) is 70.2 Å². The molecular formula is C27H31N7O4. The molecule has 38 heavy (non-hydrogen) atoms. The van der Waals surface area contributed by atoms with Gasteiger partial charge in [0.05, 0.1) is 18.2 Å². The number of methoxy groups -OCH3 is 1. The molecular weight excluding hydrogens is 486 g/mol. The van der Waals surface area contributed by atoms with Gasteiger partial charge < -0.3 is 24.1 Å². The van der Waals surface area contributed by atoms with Crippen molar-refractivity contribution in [2.45, 2.75) is 32.4 Å². The number of aromatic amines is 1. The van der Waals surface area contributed by atoms with Gasteiger partial charge in [0.2, 0.25) is 6.79 Å². The maximum absolute atomic E-state index is 13.6. The largest absolute Gasteiger partial charge is 0.497 e. The molecule has 1 fully saturated rings. The Morgan fingerprint density at radius 3 is 2.39 bits per heavy atom. The van der Waals surface area contributed by atoms with Crippen LogP contribution >= 0.6 is 0 Å². The molecule has 1 atom stereocenters. The summed E-state index contributed by atoms with van der Waals surface area (Å²) in [6.07, 6.45) is 0. The quantitative estimate of drug-likeness (QED) is 0.427. The van der Waals surface area contributed by atoms with Gasteiger partial charge in [-0.2, -0.15) is 0 Å². The van der Waals surface area contributed by atoms with E-state index in [9.17, 15) is 4.79 Å². The Hall–Kier alpha value is -4.12. The first-order valence-corrected chi connectivity index (χ1v) is 12.7. The predicted octanol–water partition coefficient (Wildman–Crippen LogP) is 2.92. The van der Waals surface area contributed by atoms with Gasteiger partial charge in [-0.25, -0.2) is 4.68 Å². The first-order chi connectivity index (χ1) is 18.3. The number of anilines is 1. The van der Waals surface area contributed by atoms with Gasteiger partial charge in [-0.15, -0.1) is 5.10 Å². The number of H-pyrrole nitrogens is 1. The van der Waals surface area contributed by atoms with E-state index < -0.39 is 6.04 Å². The molecule has 0 spiro atoms. The van der Waals surface area contributed by atoms with Gasteiger partial charge in [-0.3, -0.25) is 9.69 Å². The lowest BCUT2D eigenvalue weighted by atomic mass is 10.0. The van der Waals surface area contributed by atoms with Crippen molar-refractivity contribution in [2.24, 2.45) is 0 Å². The van der Waals surface area contributed by atoms with Crippen LogP contribution in [0.25, 0.3) is 10.9 Å². The molecule has 2 aliphatic rings. The second kappa shape index (κ2) is 9.32. The molecule has 6 rings (SSSR count). The molecule has 1 saturated heterocycles. The van der Waals surface area contributed by atoms with Crippen molar-refractivity contribution in [1.82, 2.24) is 30.1 Å². The third-order valence-electron chi connectivity index (χ3n) is 7.15. The monoisotopic (exact) mass is 517 g/mol. The molecule has 0 bridgehead atoms. The number of pyridine rings is 1. The van der Waals surface area contributed by atoms with E-state index in [1.165, 1.54) is 0 Å². The molecule has 0 saturated carbocycles.